The van der Waals surface area contributed by atoms with Crippen LogP contribution in [0, 0.1) is 0 Å². The Morgan fingerprint density at radius 2 is 2.20 bits per heavy atom. The molecule has 0 saturated heterocycles. The molecule has 0 aliphatic heterocycles. The van der Waals surface area contributed by atoms with Crippen molar-refractivity contribution in [3.8, 4) is 0 Å². The summed E-state index contributed by atoms with van der Waals surface area (Å²) in [5.74, 6) is -3.04. The number of aromatic nitrogens is 2. The molecule has 15 heavy (non-hydrogen) atoms. The predicted molar refractivity (Wildman–Crippen MR) is 55.3 cm³/mol. The highest BCUT2D eigenvalue weighted by Crippen LogP contribution is 2.26. The Morgan fingerprint density at radius 3 is 2.80 bits per heavy atom. The van der Waals surface area contributed by atoms with Gasteiger partial charge in [-0.25, -0.2) is 18.7 Å². The lowest BCUT2D eigenvalue weighted by atomic mass is 10.3. The van der Waals surface area contributed by atoms with Crippen LogP contribution in [0.15, 0.2) is 10.8 Å². The second kappa shape index (κ2) is 5.00. The van der Waals surface area contributed by atoms with Gasteiger partial charge in [-0.2, -0.15) is 0 Å². The number of anilines is 1. The molecule has 4 nitrogen and oxygen atoms in total. The number of hydrogen-bond donors (Lipinski definition) is 2. The fourth-order valence-electron chi connectivity index (χ4n) is 0.741. The van der Waals surface area contributed by atoms with Gasteiger partial charge in [-0.05, 0) is 15.9 Å². The molecule has 0 unspecified atom stereocenters. The molecule has 0 amide bonds. The highest BCUT2D eigenvalue weighted by atomic mass is 79.9. The first-order valence-electron chi connectivity index (χ1n) is 3.85. The van der Waals surface area contributed by atoms with Crippen molar-refractivity contribution in [2.24, 2.45) is 0 Å². The molecule has 0 saturated carbocycles. The van der Waals surface area contributed by atoms with Crippen molar-refractivity contribution in [3.05, 3.63) is 16.0 Å². The summed E-state index contributed by atoms with van der Waals surface area (Å²) in [6.45, 7) is -1.95. The Bertz CT molecular complexity index is 353. The van der Waals surface area contributed by atoms with Crippen LogP contribution in [0.2, 0.25) is 5.15 Å². The van der Waals surface area contributed by atoms with Crippen LogP contribution in [0.5, 0.6) is 0 Å². The summed E-state index contributed by atoms with van der Waals surface area (Å²) < 4.78 is 25.6. The average Bonchev–Trinajstić information content (AvgIpc) is 2.20. The maximum atomic E-state index is 12.7. The lowest BCUT2D eigenvalue weighted by Crippen LogP contribution is -2.31. The Hall–Kier alpha value is -0.530. The quantitative estimate of drug-likeness (QED) is 0.835. The summed E-state index contributed by atoms with van der Waals surface area (Å²) in [6.07, 6.45) is 1.15. The van der Waals surface area contributed by atoms with E-state index >= 15 is 0 Å². The van der Waals surface area contributed by atoms with E-state index in [1.165, 1.54) is 0 Å². The van der Waals surface area contributed by atoms with Crippen molar-refractivity contribution in [3.63, 3.8) is 0 Å². The second-order valence-corrected chi connectivity index (χ2v) is 3.85. The molecular weight excluding hydrogens is 295 g/mol. The predicted octanol–water partition coefficient (Wildman–Crippen LogP) is 1.93. The first-order chi connectivity index (χ1) is 6.96. The maximum Gasteiger partial charge on any atom is 0.287 e. The number of aliphatic hydroxyl groups excluding tert-OH is 1. The molecule has 8 heteroatoms. The molecule has 84 valence electrons. The minimum Gasteiger partial charge on any atom is -0.390 e. The van der Waals surface area contributed by atoms with E-state index in [-0.39, 0.29) is 11.0 Å². The molecule has 0 atom stereocenters. The molecule has 0 spiro atoms. The summed E-state index contributed by atoms with van der Waals surface area (Å²) >= 11 is 8.67. The van der Waals surface area contributed by atoms with Gasteiger partial charge in [0.15, 0.2) is 0 Å². The normalized spacial score (nSPS) is 11.5. The SMILES string of the molecule is OCC(F)(F)CNc1ncnc(Cl)c1Br. The lowest BCUT2D eigenvalue weighted by molar-refractivity contribution is -0.0373. The summed E-state index contributed by atoms with van der Waals surface area (Å²) in [5, 5.41) is 10.8. The van der Waals surface area contributed by atoms with Crippen LogP contribution < -0.4 is 5.32 Å². The number of halogens is 4. The van der Waals surface area contributed by atoms with Crippen LogP contribution in [-0.2, 0) is 0 Å². The minimum atomic E-state index is -3.20. The van der Waals surface area contributed by atoms with Crippen molar-refractivity contribution in [2.75, 3.05) is 18.5 Å². The first kappa shape index (κ1) is 12.5. The van der Waals surface area contributed by atoms with Crippen molar-refractivity contribution in [2.45, 2.75) is 5.92 Å². The molecule has 1 rings (SSSR count). The third-order valence-corrected chi connectivity index (χ3v) is 2.76. The molecule has 0 aliphatic carbocycles. The molecule has 1 aromatic rings. The zero-order valence-electron chi connectivity index (χ0n) is 7.35. The molecule has 0 aliphatic rings. The van der Waals surface area contributed by atoms with Gasteiger partial charge in [0.1, 0.15) is 23.9 Å². The summed E-state index contributed by atoms with van der Waals surface area (Å²) in [6, 6.07) is 0. The molecule has 1 heterocycles. The highest BCUT2D eigenvalue weighted by Gasteiger charge is 2.27. The van der Waals surface area contributed by atoms with Gasteiger partial charge < -0.3 is 10.4 Å². The monoisotopic (exact) mass is 301 g/mol. The first-order valence-corrected chi connectivity index (χ1v) is 5.02. The van der Waals surface area contributed by atoms with Gasteiger partial charge in [0.2, 0.25) is 0 Å². The molecule has 0 aromatic carbocycles. The fourth-order valence-corrected chi connectivity index (χ4v) is 1.22. The summed E-state index contributed by atoms with van der Waals surface area (Å²) in [7, 11) is 0. The largest absolute Gasteiger partial charge is 0.390 e. The zero-order valence-corrected chi connectivity index (χ0v) is 9.69. The van der Waals surface area contributed by atoms with Gasteiger partial charge in [-0.1, -0.05) is 11.6 Å². The lowest BCUT2D eigenvalue weighted by Gasteiger charge is -2.14. The van der Waals surface area contributed by atoms with E-state index in [2.05, 4.69) is 31.2 Å². The summed E-state index contributed by atoms with van der Waals surface area (Å²) in [5.41, 5.74) is 0. The smallest absolute Gasteiger partial charge is 0.287 e. The van der Waals surface area contributed by atoms with Gasteiger partial charge in [0.05, 0.1) is 11.0 Å². The van der Waals surface area contributed by atoms with Crippen molar-refractivity contribution in [1.29, 1.82) is 0 Å². The highest BCUT2D eigenvalue weighted by molar-refractivity contribution is 9.10. The molecule has 0 fully saturated rings. The van der Waals surface area contributed by atoms with Gasteiger partial charge in [-0.15, -0.1) is 0 Å². The van der Waals surface area contributed by atoms with Crippen LogP contribution in [0.1, 0.15) is 0 Å². The Balaban J connectivity index is 2.70. The minimum absolute atomic E-state index is 0.125. The molecule has 2 N–H and O–H groups in total. The van der Waals surface area contributed by atoms with E-state index in [4.69, 9.17) is 16.7 Å². The maximum absolute atomic E-state index is 12.7. The van der Waals surface area contributed by atoms with Gasteiger partial charge in [0.25, 0.3) is 5.92 Å². The Labute approximate surface area is 97.8 Å². The van der Waals surface area contributed by atoms with Gasteiger partial charge in [-0.3, -0.25) is 0 Å². The van der Waals surface area contributed by atoms with E-state index in [0.717, 1.165) is 6.33 Å². The Kier molecular flexibility index (Phi) is 4.18. The summed E-state index contributed by atoms with van der Waals surface area (Å²) in [4.78, 5) is 7.34. The molecule has 0 radical (unpaired) electrons. The number of hydrogen-bond acceptors (Lipinski definition) is 4. The van der Waals surface area contributed by atoms with E-state index in [0.29, 0.717) is 4.47 Å². The third-order valence-electron chi connectivity index (χ3n) is 1.49. The zero-order chi connectivity index (χ0) is 11.5. The number of nitrogens with one attached hydrogen (secondary N) is 1. The van der Waals surface area contributed by atoms with E-state index in [9.17, 15) is 8.78 Å². The van der Waals surface area contributed by atoms with Crippen LogP contribution in [0.25, 0.3) is 0 Å². The number of alkyl halides is 2. The van der Waals surface area contributed by atoms with E-state index < -0.39 is 19.1 Å². The van der Waals surface area contributed by atoms with E-state index in [1.54, 1.807) is 0 Å². The second-order valence-electron chi connectivity index (χ2n) is 2.69. The molecule has 1 aromatic heterocycles. The number of aliphatic hydroxyl groups is 1. The van der Waals surface area contributed by atoms with E-state index in [1.807, 2.05) is 0 Å². The number of nitrogens with zero attached hydrogens (tertiary/aromatic N) is 2. The molecular formula is C7H7BrClF2N3O. The van der Waals surface area contributed by atoms with Crippen LogP contribution in [-0.4, -0.2) is 34.1 Å². The van der Waals surface area contributed by atoms with Crippen molar-refractivity contribution in [1.82, 2.24) is 9.97 Å². The van der Waals surface area contributed by atoms with Crippen molar-refractivity contribution < 1.29 is 13.9 Å². The van der Waals surface area contributed by atoms with Crippen molar-refractivity contribution >= 4 is 33.3 Å². The van der Waals surface area contributed by atoms with Crippen LogP contribution in [0.4, 0.5) is 14.6 Å². The van der Waals surface area contributed by atoms with Gasteiger partial charge >= 0.3 is 0 Å². The number of rotatable bonds is 4. The fraction of sp³-hybridized carbons (Fsp3) is 0.429. The standard InChI is InChI=1S/C7H7BrClF2N3O/c8-4-5(9)13-3-14-6(4)12-1-7(10,11)2-15/h3,15H,1-2H2,(H,12,13,14). The Morgan fingerprint density at radius 1 is 1.53 bits per heavy atom. The average molecular weight is 303 g/mol. The van der Waals surface area contributed by atoms with Crippen LogP contribution >= 0.6 is 27.5 Å². The topological polar surface area (TPSA) is 58.0 Å². The van der Waals surface area contributed by atoms with Gasteiger partial charge in [0, 0.05) is 0 Å². The molecule has 0 bridgehead atoms. The third kappa shape index (κ3) is 3.51. The van der Waals surface area contributed by atoms with Crippen LogP contribution in [0.3, 0.4) is 0 Å².